The third-order valence-electron chi connectivity index (χ3n) is 3.18. The number of hydrogen-bond acceptors (Lipinski definition) is 3. The van der Waals surface area contributed by atoms with E-state index in [-0.39, 0.29) is 11.9 Å². The maximum Gasteiger partial charge on any atom is 0.239 e. The minimum Gasteiger partial charge on any atom is -0.360 e. The molecule has 2 rings (SSSR count). The fourth-order valence-corrected chi connectivity index (χ4v) is 3.04. The second-order valence-electron chi connectivity index (χ2n) is 4.61. The van der Waals surface area contributed by atoms with E-state index in [1.807, 2.05) is 24.8 Å². The van der Waals surface area contributed by atoms with Gasteiger partial charge in [0.2, 0.25) is 5.91 Å². The number of hydrogen-bond donors (Lipinski definition) is 1. The lowest BCUT2D eigenvalue weighted by molar-refractivity contribution is -0.120. The van der Waals surface area contributed by atoms with Crippen molar-refractivity contribution in [3.05, 3.63) is 24.3 Å². The number of carbonyl (C=O) groups is 1. The van der Waals surface area contributed by atoms with Crippen LogP contribution in [-0.4, -0.2) is 30.8 Å². The minimum absolute atomic E-state index is 0.117. The van der Waals surface area contributed by atoms with Gasteiger partial charge in [-0.1, -0.05) is 19.1 Å². The summed E-state index contributed by atoms with van der Waals surface area (Å²) >= 11 is 1.86. The molecule has 0 bridgehead atoms. The topological polar surface area (TPSA) is 32.3 Å². The van der Waals surface area contributed by atoms with E-state index < -0.39 is 0 Å². The standard InChI is InChI=1S/C14H20N2OS/c1-3-11(2)15-14(17)10-16-8-9-18-13-7-5-4-6-12(13)16/h4-7,11H,3,8-10H2,1-2H3,(H,15,17). The van der Waals surface area contributed by atoms with Crippen LogP contribution in [0.15, 0.2) is 29.2 Å². The molecule has 1 N–H and O–H groups in total. The molecule has 1 aliphatic rings. The Balaban J connectivity index is 2.01. The van der Waals surface area contributed by atoms with E-state index in [2.05, 4.69) is 35.3 Å². The van der Waals surface area contributed by atoms with Crippen molar-refractivity contribution in [2.75, 3.05) is 23.7 Å². The third kappa shape index (κ3) is 3.19. The Hall–Kier alpha value is -1.16. The van der Waals surface area contributed by atoms with Gasteiger partial charge in [0.1, 0.15) is 0 Å². The molecule has 1 aliphatic heterocycles. The average molecular weight is 264 g/mol. The summed E-state index contributed by atoms with van der Waals surface area (Å²) in [6.45, 7) is 5.52. The first kappa shape index (κ1) is 13.3. The largest absolute Gasteiger partial charge is 0.360 e. The summed E-state index contributed by atoms with van der Waals surface area (Å²) < 4.78 is 0. The number of anilines is 1. The summed E-state index contributed by atoms with van der Waals surface area (Å²) in [6.07, 6.45) is 0.970. The molecule has 98 valence electrons. The van der Waals surface area contributed by atoms with Crippen molar-refractivity contribution in [1.29, 1.82) is 0 Å². The first-order valence-corrected chi connectivity index (χ1v) is 7.45. The molecular formula is C14H20N2OS. The van der Waals surface area contributed by atoms with Crippen molar-refractivity contribution in [3.63, 3.8) is 0 Å². The molecule has 4 heteroatoms. The second kappa shape index (κ2) is 6.14. The Morgan fingerprint density at radius 1 is 1.50 bits per heavy atom. The zero-order valence-electron chi connectivity index (χ0n) is 11.0. The molecule has 0 saturated heterocycles. The van der Waals surface area contributed by atoms with Crippen LogP contribution in [0.3, 0.4) is 0 Å². The fraction of sp³-hybridized carbons (Fsp3) is 0.500. The van der Waals surface area contributed by atoms with Gasteiger partial charge in [-0.05, 0) is 25.5 Å². The molecule has 1 heterocycles. The summed E-state index contributed by atoms with van der Waals surface area (Å²) in [5.74, 6) is 1.17. The summed E-state index contributed by atoms with van der Waals surface area (Å²) in [7, 11) is 0. The van der Waals surface area contributed by atoms with E-state index in [0.717, 1.165) is 18.7 Å². The molecule has 1 unspecified atom stereocenters. The number of nitrogens with zero attached hydrogens (tertiary/aromatic N) is 1. The summed E-state index contributed by atoms with van der Waals surface area (Å²) in [5.41, 5.74) is 1.19. The van der Waals surface area contributed by atoms with Gasteiger partial charge in [-0.15, -0.1) is 11.8 Å². The molecule has 18 heavy (non-hydrogen) atoms. The Morgan fingerprint density at radius 2 is 2.28 bits per heavy atom. The predicted octanol–water partition coefficient (Wildman–Crippen LogP) is 2.51. The molecule has 0 aliphatic carbocycles. The number of nitrogens with one attached hydrogen (secondary N) is 1. The van der Waals surface area contributed by atoms with Crippen LogP contribution in [-0.2, 0) is 4.79 Å². The number of amides is 1. The molecule has 1 aromatic carbocycles. The van der Waals surface area contributed by atoms with Gasteiger partial charge < -0.3 is 10.2 Å². The highest BCUT2D eigenvalue weighted by Gasteiger charge is 2.19. The number of para-hydroxylation sites is 1. The molecule has 0 saturated carbocycles. The van der Waals surface area contributed by atoms with Crippen molar-refractivity contribution < 1.29 is 4.79 Å². The highest BCUT2D eigenvalue weighted by Crippen LogP contribution is 2.33. The molecule has 1 aromatic rings. The lowest BCUT2D eigenvalue weighted by Gasteiger charge is -2.30. The van der Waals surface area contributed by atoms with E-state index in [0.29, 0.717) is 6.54 Å². The van der Waals surface area contributed by atoms with Crippen LogP contribution in [0.5, 0.6) is 0 Å². The third-order valence-corrected chi connectivity index (χ3v) is 4.22. The van der Waals surface area contributed by atoms with Gasteiger partial charge in [0, 0.05) is 23.2 Å². The van der Waals surface area contributed by atoms with E-state index in [9.17, 15) is 4.79 Å². The molecule has 0 fully saturated rings. The normalized spacial score (nSPS) is 16.0. The average Bonchev–Trinajstić information content (AvgIpc) is 2.39. The zero-order valence-corrected chi connectivity index (χ0v) is 11.8. The van der Waals surface area contributed by atoms with Gasteiger partial charge in [0.15, 0.2) is 0 Å². The second-order valence-corrected chi connectivity index (χ2v) is 5.75. The van der Waals surface area contributed by atoms with Gasteiger partial charge >= 0.3 is 0 Å². The summed E-state index contributed by atoms with van der Waals surface area (Å²) in [6, 6.07) is 8.56. The smallest absolute Gasteiger partial charge is 0.239 e. The van der Waals surface area contributed by atoms with Crippen LogP contribution < -0.4 is 10.2 Å². The Labute approximate surface area is 113 Å². The van der Waals surface area contributed by atoms with Gasteiger partial charge in [-0.25, -0.2) is 0 Å². The van der Waals surface area contributed by atoms with Crippen molar-refractivity contribution in [3.8, 4) is 0 Å². The highest BCUT2D eigenvalue weighted by molar-refractivity contribution is 7.99. The van der Waals surface area contributed by atoms with Crippen LogP contribution in [0, 0.1) is 0 Å². The summed E-state index contributed by atoms with van der Waals surface area (Å²) in [4.78, 5) is 15.4. The monoisotopic (exact) mass is 264 g/mol. The first-order chi connectivity index (χ1) is 8.70. The van der Waals surface area contributed by atoms with Crippen molar-refractivity contribution in [2.24, 2.45) is 0 Å². The van der Waals surface area contributed by atoms with Gasteiger partial charge in [-0.3, -0.25) is 4.79 Å². The van der Waals surface area contributed by atoms with E-state index in [4.69, 9.17) is 0 Å². The lowest BCUT2D eigenvalue weighted by Crippen LogP contribution is -2.42. The van der Waals surface area contributed by atoms with E-state index in [1.165, 1.54) is 10.6 Å². The van der Waals surface area contributed by atoms with Gasteiger partial charge in [0.05, 0.1) is 12.2 Å². The molecule has 1 atom stereocenters. The minimum atomic E-state index is 0.117. The van der Waals surface area contributed by atoms with Gasteiger partial charge in [0.25, 0.3) is 0 Å². The molecular weight excluding hydrogens is 244 g/mol. The number of benzene rings is 1. The fourth-order valence-electron chi connectivity index (χ4n) is 1.99. The quantitative estimate of drug-likeness (QED) is 0.907. The predicted molar refractivity (Wildman–Crippen MR) is 77.3 cm³/mol. The Kier molecular flexibility index (Phi) is 4.53. The zero-order chi connectivity index (χ0) is 13.0. The molecule has 0 radical (unpaired) electrons. The van der Waals surface area contributed by atoms with Crippen molar-refractivity contribution in [1.82, 2.24) is 5.32 Å². The van der Waals surface area contributed by atoms with Crippen molar-refractivity contribution in [2.45, 2.75) is 31.2 Å². The summed E-state index contributed by atoms with van der Waals surface area (Å²) in [5, 5.41) is 3.02. The van der Waals surface area contributed by atoms with Crippen molar-refractivity contribution >= 4 is 23.4 Å². The number of thioether (sulfide) groups is 1. The molecule has 3 nitrogen and oxygen atoms in total. The SMILES string of the molecule is CCC(C)NC(=O)CN1CCSc2ccccc21. The lowest BCUT2D eigenvalue weighted by atomic mass is 10.2. The molecule has 1 amide bonds. The van der Waals surface area contributed by atoms with E-state index >= 15 is 0 Å². The Morgan fingerprint density at radius 3 is 3.06 bits per heavy atom. The molecule has 0 spiro atoms. The molecule has 0 aromatic heterocycles. The highest BCUT2D eigenvalue weighted by atomic mass is 32.2. The van der Waals surface area contributed by atoms with Crippen LogP contribution in [0.1, 0.15) is 20.3 Å². The number of carbonyl (C=O) groups excluding carboxylic acids is 1. The van der Waals surface area contributed by atoms with Gasteiger partial charge in [-0.2, -0.15) is 0 Å². The Bertz CT molecular complexity index is 422. The maximum atomic E-state index is 11.9. The number of rotatable bonds is 4. The van der Waals surface area contributed by atoms with Crippen LogP contribution >= 0.6 is 11.8 Å². The first-order valence-electron chi connectivity index (χ1n) is 6.47. The maximum absolute atomic E-state index is 11.9. The van der Waals surface area contributed by atoms with E-state index in [1.54, 1.807) is 0 Å². The van der Waals surface area contributed by atoms with Crippen LogP contribution in [0.25, 0.3) is 0 Å². The van der Waals surface area contributed by atoms with Crippen LogP contribution in [0.2, 0.25) is 0 Å². The van der Waals surface area contributed by atoms with Crippen LogP contribution in [0.4, 0.5) is 5.69 Å². The number of fused-ring (bicyclic) bond motifs is 1.